The summed E-state index contributed by atoms with van der Waals surface area (Å²) in [4.78, 5) is 0. The van der Waals surface area contributed by atoms with Crippen LogP contribution in [0.5, 0.6) is 0 Å². The van der Waals surface area contributed by atoms with Crippen LogP contribution in [-0.2, 0) is 0 Å². The molecule has 3 fully saturated rings. The molecule has 3 rings (SSSR count). The minimum atomic E-state index is -0.651. The van der Waals surface area contributed by atoms with Gasteiger partial charge in [-0.25, -0.2) is 0 Å². The Morgan fingerprint density at radius 1 is 1.12 bits per heavy atom. The van der Waals surface area contributed by atoms with Crippen molar-refractivity contribution in [3.8, 4) is 0 Å². The molecule has 3 saturated carbocycles. The number of allylic oxidation sites excluding steroid dienone is 3. The van der Waals surface area contributed by atoms with Crippen LogP contribution >= 0.6 is 0 Å². The van der Waals surface area contributed by atoms with Crippen molar-refractivity contribution in [2.24, 2.45) is 23.2 Å². The predicted octanol–water partition coefficient (Wildman–Crippen LogP) is 5.46. The van der Waals surface area contributed by atoms with Crippen molar-refractivity contribution in [3.63, 3.8) is 0 Å². The lowest BCUT2D eigenvalue weighted by Gasteiger charge is -2.44. The first kappa shape index (κ1) is 26.7. The van der Waals surface area contributed by atoms with Gasteiger partial charge in [0.2, 0.25) is 0 Å². The third-order valence-corrected chi connectivity index (χ3v) is 8.90. The Morgan fingerprint density at radius 2 is 1.82 bits per heavy atom. The molecule has 4 heteroatoms. The maximum atomic E-state index is 10.5. The van der Waals surface area contributed by atoms with E-state index in [1.54, 1.807) is 11.6 Å². The lowest BCUT2D eigenvalue weighted by atomic mass is 9.60. The highest BCUT2D eigenvalue weighted by molar-refractivity contribution is 5.30. The van der Waals surface area contributed by atoms with Crippen LogP contribution in [0.3, 0.4) is 0 Å². The Labute approximate surface area is 201 Å². The third kappa shape index (κ3) is 6.60. The molecule has 6 atom stereocenters. The SMILES string of the molecule is C[C@H](CCCC(C)(C)O)C1CC[C@H]2/C(=C/C=C3C[C@@H](O)C(=CCCO)[C@H](O)C3)CCC[C@]12C. The Bertz CT molecular complexity index is 727. The summed E-state index contributed by atoms with van der Waals surface area (Å²) in [6.45, 7) is 8.81. The molecule has 0 aliphatic heterocycles. The normalized spacial score (nSPS) is 35.0. The number of hydrogen-bond acceptors (Lipinski definition) is 4. The first-order valence-electron chi connectivity index (χ1n) is 13.3. The quantitative estimate of drug-likeness (QED) is 0.363. The zero-order valence-electron chi connectivity index (χ0n) is 21.4. The van der Waals surface area contributed by atoms with Gasteiger partial charge in [0.1, 0.15) is 0 Å². The number of aliphatic hydroxyl groups is 4. The molecule has 0 aromatic rings. The molecule has 33 heavy (non-hydrogen) atoms. The van der Waals surface area contributed by atoms with Gasteiger partial charge in [-0.3, -0.25) is 0 Å². The monoisotopic (exact) mass is 460 g/mol. The minimum absolute atomic E-state index is 0.0386. The average molecular weight is 461 g/mol. The van der Waals surface area contributed by atoms with Gasteiger partial charge in [0.05, 0.1) is 17.8 Å². The molecular formula is C29H48O4. The smallest absolute Gasteiger partial charge is 0.0812 e. The third-order valence-electron chi connectivity index (χ3n) is 8.90. The van der Waals surface area contributed by atoms with E-state index in [-0.39, 0.29) is 6.61 Å². The van der Waals surface area contributed by atoms with E-state index < -0.39 is 17.8 Å². The highest BCUT2D eigenvalue weighted by Gasteiger charge is 2.50. The Hall–Kier alpha value is -0.940. The molecule has 0 saturated heterocycles. The Morgan fingerprint density at radius 3 is 2.45 bits per heavy atom. The summed E-state index contributed by atoms with van der Waals surface area (Å²) in [6.07, 6.45) is 16.1. The molecule has 3 aliphatic rings. The van der Waals surface area contributed by atoms with E-state index in [0.29, 0.717) is 42.1 Å². The summed E-state index contributed by atoms with van der Waals surface area (Å²) >= 11 is 0. The summed E-state index contributed by atoms with van der Waals surface area (Å²) in [6, 6.07) is 0. The fourth-order valence-corrected chi connectivity index (χ4v) is 7.17. The molecular weight excluding hydrogens is 412 g/mol. The van der Waals surface area contributed by atoms with Crippen LogP contribution in [-0.4, -0.2) is 44.8 Å². The van der Waals surface area contributed by atoms with Gasteiger partial charge < -0.3 is 20.4 Å². The molecule has 0 spiro atoms. The van der Waals surface area contributed by atoms with E-state index >= 15 is 0 Å². The number of hydrogen-bond donors (Lipinski definition) is 4. The van der Waals surface area contributed by atoms with E-state index in [4.69, 9.17) is 5.11 Å². The first-order chi connectivity index (χ1) is 15.5. The molecule has 0 amide bonds. The lowest BCUT2D eigenvalue weighted by molar-refractivity contribution is 0.0596. The fraction of sp³-hybridized carbons (Fsp3) is 0.793. The van der Waals surface area contributed by atoms with Crippen molar-refractivity contribution in [2.45, 2.75) is 116 Å². The van der Waals surface area contributed by atoms with Crippen molar-refractivity contribution in [1.29, 1.82) is 0 Å². The molecule has 1 unspecified atom stereocenters. The fourth-order valence-electron chi connectivity index (χ4n) is 7.17. The molecule has 3 aliphatic carbocycles. The second kappa shape index (κ2) is 11.2. The maximum absolute atomic E-state index is 10.5. The topological polar surface area (TPSA) is 80.9 Å². The van der Waals surface area contributed by atoms with Gasteiger partial charge in [-0.05, 0) is 100 Å². The summed E-state index contributed by atoms with van der Waals surface area (Å²) in [7, 11) is 0. The highest BCUT2D eigenvalue weighted by Crippen LogP contribution is 2.60. The number of aliphatic hydroxyl groups excluding tert-OH is 3. The van der Waals surface area contributed by atoms with Crippen LogP contribution in [0.4, 0.5) is 0 Å². The molecule has 0 heterocycles. The van der Waals surface area contributed by atoms with Gasteiger partial charge in [-0.2, -0.15) is 0 Å². The number of fused-ring (bicyclic) bond motifs is 1. The number of rotatable bonds is 8. The summed E-state index contributed by atoms with van der Waals surface area (Å²) in [5.74, 6) is 2.08. The molecule has 0 aromatic carbocycles. The highest BCUT2D eigenvalue weighted by atomic mass is 16.3. The Kier molecular flexibility index (Phi) is 9.05. The van der Waals surface area contributed by atoms with E-state index in [1.807, 2.05) is 13.8 Å². The van der Waals surface area contributed by atoms with Gasteiger partial charge in [-0.1, -0.05) is 56.1 Å². The molecule has 0 aromatic heterocycles. The van der Waals surface area contributed by atoms with Crippen LogP contribution in [0.1, 0.15) is 98.3 Å². The van der Waals surface area contributed by atoms with E-state index in [2.05, 4.69) is 26.0 Å². The summed E-state index contributed by atoms with van der Waals surface area (Å²) in [5.41, 5.74) is 3.14. The molecule has 0 radical (unpaired) electrons. The van der Waals surface area contributed by atoms with Gasteiger partial charge in [-0.15, -0.1) is 0 Å². The van der Waals surface area contributed by atoms with Gasteiger partial charge in [0, 0.05) is 6.61 Å². The van der Waals surface area contributed by atoms with Crippen LogP contribution in [0.25, 0.3) is 0 Å². The molecule has 4 N–H and O–H groups in total. The summed E-state index contributed by atoms with van der Waals surface area (Å²) < 4.78 is 0. The average Bonchev–Trinajstić information content (AvgIpc) is 3.08. The second-order valence-corrected chi connectivity index (χ2v) is 12.0. The first-order valence-corrected chi connectivity index (χ1v) is 13.3. The maximum Gasteiger partial charge on any atom is 0.0812 e. The van der Waals surface area contributed by atoms with Crippen LogP contribution in [0.15, 0.2) is 34.9 Å². The van der Waals surface area contributed by atoms with Crippen molar-refractivity contribution in [1.82, 2.24) is 0 Å². The van der Waals surface area contributed by atoms with Crippen LogP contribution in [0, 0.1) is 23.2 Å². The standard InChI is InChI=1S/C29H48O4/c1-20(8-5-15-28(2,3)33)24-13-14-25-22(9-6-16-29(24,25)4)12-11-21-18-26(31)23(10-7-17-30)27(32)19-21/h10-12,20,24-27,30-33H,5-9,13-19H2,1-4H3/b21-11?,22-12+,23-10?/t20-,24?,25+,26-,27-,29-/m1/s1. The zero-order valence-corrected chi connectivity index (χ0v) is 21.4. The van der Waals surface area contributed by atoms with E-state index in [9.17, 15) is 15.3 Å². The molecule has 4 nitrogen and oxygen atoms in total. The second-order valence-electron chi connectivity index (χ2n) is 12.0. The summed E-state index contributed by atoms with van der Waals surface area (Å²) in [5, 5.41) is 40.1. The Balaban J connectivity index is 1.66. The predicted molar refractivity (Wildman–Crippen MR) is 135 cm³/mol. The van der Waals surface area contributed by atoms with Crippen molar-refractivity contribution in [2.75, 3.05) is 6.61 Å². The van der Waals surface area contributed by atoms with Crippen LogP contribution < -0.4 is 0 Å². The lowest BCUT2D eigenvalue weighted by Crippen LogP contribution is -2.36. The van der Waals surface area contributed by atoms with Crippen molar-refractivity contribution in [3.05, 3.63) is 34.9 Å². The van der Waals surface area contributed by atoms with E-state index in [1.165, 1.54) is 32.1 Å². The minimum Gasteiger partial charge on any atom is -0.396 e. The molecule has 0 bridgehead atoms. The largest absolute Gasteiger partial charge is 0.396 e. The molecule has 188 valence electrons. The van der Waals surface area contributed by atoms with Gasteiger partial charge >= 0.3 is 0 Å². The zero-order chi connectivity index (χ0) is 24.2. The van der Waals surface area contributed by atoms with E-state index in [0.717, 1.165) is 30.8 Å². The van der Waals surface area contributed by atoms with Crippen molar-refractivity contribution >= 4 is 0 Å². The van der Waals surface area contributed by atoms with Gasteiger partial charge in [0.25, 0.3) is 0 Å². The van der Waals surface area contributed by atoms with Crippen molar-refractivity contribution < 1.29 is 20.4 Å². The van der Waals surface area contributed by atoms with Crippen LogP contribution in [0.2, 0.25) is 0 Å². The van der Waals surface area contributed by atoms with Gasteiger partial charge in [0.15, 0.2) is 0 Å².